The van der Waals surface area contributed by atoms with Gasteiger partial charge < -0.3 is 19.5 Å². The van der Waals surface area contributed by atoms with Crippen molar-refractivity contribution in [2.45, 2.75) is 12.3 Å². The van der Waals surface area contributed by atoms with E-state index in [1.807, 2.05) is 0 Å². The number of rotatable bonds is 4. The summed E-state index contributed by atoms with van der Waals surface area (Å²) in [6, 6.07) is 10.6. The Kier molecular flexibility index (Phi) is 4.21. The molecule has 0 radical (unpaired) electrons. The van der Waals surface area contributed by atoms with Crippen LogP contribution in [0.15, 0.2) is 42.5 Å². The molecule has 2 heterocycles. The minimum Gasteiger partial charge on any atom is -0.493 e. The second kappa shape index (κ2) is 7.93. The molecule has 0 spiro atoms. The Balaban J connectivity index is 0.00000240. The molecule has 2 atom stereocenters. The number of benzene rings is 2. The van der Waals surface area contributed by atoms with Gasteiger partial charge in [-0.3, -0.25) is 0 Å². The molecule has 2 aromatic rings. The number of halogens is 2. The summed E-state index contributed by atoms with van der Waals surface area (Å²) in [5.74, 6) is -0.211. The fraction of sp³-hybridized carbons (Fsp3) is 0.368. The van der Waals surface area contributed by atoms with E-state index in [0.717, 1.165) is 0 Å². The van der Waals surface area contributed by atoms with E-state index in [9.17, 15) is 4.39 Å². The molecule has 2 aliphatic heterocycles. The summed E-state index contributed by atoms with van der Waals surface area (Å²) in [7, 11) is 0. The Hall–Kier alpha value is -1.98. The van der Waals surface area contributed by atoms with E-state index in [-0.39, 0.29) is 32.2 Å². The van der Waals surface area contributed by atoms with Crippen molar-refractivity contribution in [3.63, 3.8) is 0 Å². The smallest absolute Gasteiger partial charge is 0.231 e. The Bertz CT molecular complexity index is 869. The molecule has 6 heteroatoms. The van der Waals surface area contributed by atoms with Crippen LogP contribution in [0, 0.1) is 11.7 Å². The maximum absolute atomic E-state index is 13.3. The van der Waals surface area contributed by atoms with Crippen molar-refractivity contribution in [2.75, 3.05) is 26.4 Å². The Labute approximate surface area is 158 Å². The van der Waals surface area contributed by atoms with Gasteiger partial charge in [-0.2, -0.15) is 0 Å². The molecule has 1 N–H and O–H groups in total. The highest BCUT2D eigenvalue weighted by atomic mass is 35.5. The average molecular weight is 370 g/mol. The molecule has 0 saturated carbocycles. The number of fused-ring (bicyclic) bond motifs is 1. The molecule has 25 heavy (non-hydrogen) atoms. The Morgan fingerprint density at radius 2 is 2.00 bits per heavy atom. The Morgan fingerprint density at radius 1 is 1.20 bits per heavy atom. The molecular formula is C19H21ClFNO3. The van der Waals surface area contributed by atoms with Crippen molar-refractivity contribution in [3.8, 4) is 17.2 Å². The summed E-state index contributed by atoms with van der Waals surface area (Å²) in [5.41, 5.74) is 0.676. The van der Waals surface area contributed by atoms with Crippen LogP contribution >= 0.6 is 12.4 Å². The van der Waals surface area contributed by atoms with Crippen LogP contribution in [-0.4, -0.2) is 26.4 Å². The molecule has 2 aliphatic rings. The first-order valence-corrected chi connectivity index (χ1v) is 7.83. The zero-order chi connectivity index (χ0) is 19.9. The standard InChI is InChI=1S/C19H20FNO3.ClH/c20-15-3-1-13(2-4-15)17-7-8-21-10-14(17)11-22-16-5-6-18-19(9-16)24-12-23-18;/h1-6,9,14,17,21H,7-8,10-12H2;1H/t14-,17?;/m0./s1/i8D2,11D2;. The molecule has 0 aliphatic carbocycles. The first-order valence-electron chi connectivity index (χ1n) is 9.83. The average Bonchev–Trinajstić information content (AvgIpc) is 3.08. The molecule has 0 aromatic heterocycles. The minimum atomic E-state index is -2.10. The summed E-state index contributed by atoms with van der Waals surface area (Å²) < 4.78 is 62.7. The second-order valence-electron chi connectivity index (χ2n) is 5.76. The number of nitrogens with one attached hydrogen (secondary N) is 1. The van der Waals surface area contributed by atoms with Crippen LogP contribution < -0.4 is 19.5 Å². The van der Waals surface area contributed by atoms with E-state index in [4.69, 9.17) is 19.7 Å². The van der Waals surface area contributed by atoms with Gasteiger partial charge in [-0.1, -0.05) is 12.1 Å². The van der Waals surface area contributed by atoms with E-state index in [1.54, 1.807) is 30.3 Å². The van der Waals surface area contributed by atoms with Crippen LogP contribution in [0.5, 0.6) is 17.2 Å². The fourth-order valence-electron chi connectivity index (χ4n) is 2.92. The third kappa shape index (κ3) is 3.99. The minimum absolute atomic E-state index is 0. The third-order valence-electron chi connectivity index (χ3n) is 4.22. The molecule has 134 valence electrons. The van der Waals surface area contributed by atoms with Gasteiger partial charge in [0.25, 0.3) is 0 Å². The summed E-state index contributed by atoms with van der Waals surface area (Å²) in [6.07, 6.45) is 0.0489. The molecular weight excluding hydrogens is 345 g/mol. The summed E-state index contributed by atoms with van der Waals surface area (Å²) in [6.45, 7) is -3.56. The molecule has 1 saturated heterocycles. The number of hydrogen-bond acceptors (Lipinski definition) is 4. The van der Waals surface area contributed by atoms with Gasteiger partial charge in [0, 0.05) is 21.3 Å². The van der Waals surface area contributed by atoms with Crippen LogP contribution in [0.1, 0.15) is 23.4 Å². The monoisotopic (exact) mass is 369 g/mol. The highest BCUT2D eigenvalue weighted by Crippen LogP contribution is 2.36. The van der Waals surface area contributed by atoms with Crippen LogP contribution in [0.2, 0.25) is 0 Å². The Morgan fingerprint density at radius 3 is 2.84 bits per heavy atom. The van der Waals surface area contributed by atoms with Crippen molar-refractivity contribution in [1.82, 2.24) is 5.32 Å². The highest BCUT2D eigenvalue weighted by molar-refractivity contribution is 5.85. The maximum Gasteiger partial charge on any atom is 0.231 e. The van der Waals surface area contributed by atoms with Gasteiger partial charge in [0.1, 0.15) is 11.6 Å². The van der Waals surface area contributed by atoms with E-state index in [1.165, 1.54) is 12.1 Å². The quantitative estimate of drug-likeness (QED) is 0.891. The summed E-state index contributed by atoms with van der Waals surface area (Å²) in [4.78, 5) is 0. The van der Waals surface area contributed by atoms with Gasteiger partial charge >= 0.3 is 0 Å². The topological polar surface area (TPSA) is 39.7 Å². The van der Waals surface area contributed by atoms with Crippen molar-refractivity contribution in [3.05, 3.63) is 53.8 Å². The van der Waals surface area contributed by atoms with Crippen LogP contribution in [-0.2, 0) is 0 Å². The van der Waals surface area contributed by atoms with Crippen LogP contribution in [0.25, 0.3) is 0 Å². The van der Waals surface area contributed by atoms with Gasteiger partial charge in [-0.25, -0.2) is 4.39 Å². The normalized spacial score (nSPS) is 26.4. The number of ether oxygens (including phenoxy) is 3. The molecule has 0 amide bonds. The number of piperidine rings is 1. The maximum atomic E-state index is 13.3. The van der Waals surface area contributed by atoms with E-state index in [0.29, 0.717) is 22.8 Å². The zero-order valence-corrected chi connectivity index (χ0v) is 14.1. The summed E-state index contributed by atoms with van der Waals surface area (Å²) >= 11 is 0. The molecule has 4 rings (SSSR count). The van der Waals surface area contributed by atoms with Crippen LogP contribution in [0.4, 0.5) is 4.39 Å². The van der Waals surface area contributed by atoms with Crippen molar-refractivity contribution in [1.29, 1.82) is 0 Å². The van der Waals surface area contributed by atoms with Crippen molar-refractivity contribution in [2.24, 2.45) is 5.92 Å². The van der Waals surface area contributed by atoms with E-state index in [2.05, 4.69) is 5.32 Å². The molecule has 2 aromatic carbocycles. The fourth-order valence-corrected chi connectivity index (χ4v) is 2.92. The molecule has 4 nitrogen and oxygen atoms in total. The van der Waals surface area contributed by atoms with Gasteiger partial charge in [0.15, 0.2) is 11.5 Å². The van der Waals surface area contributed by atoms with Gasteiger partial charge in [0.05, 0.1) is 9.30 Å². The third-order valence-corrected chi connectivity index (χ3v) is 4.22. The summed E-state index contributed by atoms with van der Waals surface area (Å²) in [5, 5.41) is 2.75. The van der Waals surface area contributed by atoms with Gasteiger partial charge in [-0.15, -0.1) is 12.4 Å². The predicted octanol–water partition coefficient (Wildman–Crippen LogP) is 3.75. The van der Waals surface area contributed by atoms with E-state index >= 15 is 0 Å². The first-order chi connectivity index (χ1) is 13.2. The lowest BCUT2D eigenvalue weighted by Crippen LogP contribution is -2.38. The van der Waals surface area contributed by atoms with Gasteiger partial charge in [-0.05, 0) is 48.7 Å². The number of hydrogen-bond donors (Lipinski definition) is 1. The first kappa shape index (κ1) is 13.3. The van der Waals surface area contributed by atoms with Crippen molar-refractivity contribution < 1.29 is 24.1 Å². The zero-order valence-electron chi connectivity index (χ0n) is 17.3. The predicted molar refractivity (Wildman–Crippen MR) is 95.4 cm³/mol. The SMILES string of the molecule is Cl.[2H]C1([2H])CC(c2ccc(F)cc2)[C@H](C([2H])([2H])Oc2ccc3c(c2)OCO3)CN1. The molecule has 0 bridgehead atoms. The van der Waals surface area contributed by atoms with Crippen molar-refractivity contribution >= 4 is 12.4 Å². The highest BCUT2D eigenvalue weighted by Gasteiger charge is 2.27. The van der Waals surface area contributed by atoms with Crippen LogP contribution in [0.3, 0.4) is 0 Å². The lowest BCUT2D eigenvalue weighted by Gasteiger charge is -2.32. The largest absolute Gasteiger partial charge is 0.493 e. The molecule has 1 fully saturated rings. The lowest BCUT2D eigenvalue weighted by molar-refractivity contribution is 0.173. The second-order valence-corrected chi connectivity index (χ2v) is 5.76. The van der Waals surface area contributed by atoms with E-state index < -0.39 is 30.7 Å². The van der Waals surface area contributed by atoms with Gasteiger partial charge in [0.2, 0.25) is 6.79 Å². The molecule has 1 unspecified atom stereocenters. The lowest BCUT2D eigenvalue weighted by atomic mass is 9.81.